The van der Waals surface area contributed by atoms with Crippen molar-refractivity contribution in [2.75, 3.05) is 22.5 Å². The molecule has 0 aliphatic heterocycles. The summed E-state index contributed by atoms with van der Waals surface area (Å²) in [6.07, 6.45) is 4.20. The third kappa shape index (κ3) is 5.36. The van der Waals surface area contributed by atoms with E-state index in [1.54, 1.807) is 29.2 Å². The monoisotopic (exact) mass is 426 g/mol. The lowest BCUT2D eigenvalue weighted by molar-refractivity contribution is -0.116. The van der Waals surface area contributed by atoms with Gasteiger partial charge in [-0.05, 0) is 49.2 Å². The topological polar surface area (TPSA) is 101 Å². The molecular weight excluding hydrogens is 404 g/mol. The van der Waals surface area contributed by atoms with Crippen LogP contribution < -0.4 is 16.0 Å². The normalized spacial score (nSPS) is 10.5. The molecular formula is C21H23ClN6O2. The molecule has 3 rings (SSSR count). The van der Waals surface area contributed by atoms with E-state index in [-0.39, 0.29) is 18.4 Å². The molecule has 0 saturated carbocycles. The first kappa shape index (κ1) is 21.3. The lowest BCUT2D eigenvalue weighted by Crippen LogP contribution is -2.23. The molecule has 0 unspecified atom stereocenters. The maximum atomic E-state index is 12.5. The Morgan fingerprint density at radius 3 is 2.57 bits per heavy atom. The van der Waals surface area contributed by atoms with E-state index in [4.69, 9.17) is 11.6 Å². The smallest absolute Gasteiger partial charge is 0.243 e. The van der Waals surface area contributed by atoms with E-state index in [9.17, 15) is 9.59 Å². The van der Waals surface area contributed by atoms with Gasteiger partial charge in [0.15, 0.2) is 0 Å². The van der Waals surface area contributed by atoms with Crippen LogP contribution in [-0.2, 0) is 9.59 Å². The van der Waals surface area contributed by atoms with Gasteiger partial charge >= 0.3 is 0 Å². The Hall–Kier alpha value is -3.39. The second kappa shape index (κ2) is 9.89. The molecule has 0 fully saturated rings. The number of hydrogen-bond acceptors (Lipinski definition) is 5. The maximum absolute atomic E-state index is 12.5. The van der Waals surface area contributed by atoms with Crippen molar-refractivity contribution in [3.63, 3.8) is 0 Å². The Morgan fingerprint density at radius 2 is 1.83 bits per heavy atom. The first-order chi connectivity index (χ1) is 14.5. The Labute approximate surface area is 179 Å². The highest BCUT2D eigenvalue weighted by molar-refractivity contribution is 6.31. The number of nitrogens with zero attached hydrogens (tertiary/aromatic N) is 3. The van der Waals surface area contributed by atoms with Crippen molar-refractivity contribution in [3.8, 4) is 5.69 Å². The van der Waals surface area contributed by atoms with Gasteiger partial charge in [0.1, 0.15) is 12.7 Å². The number of rotatable bonds is 8. The Bertz CT molecular complexity index is 1040. The minimum Gasteiger partial charge on any atom is -0.376 e. The van der Waals surface area contributed by atoms with Crippen molar-refractivity contribution < 1.29 is 9.59 Å². The molecule has 0 saturated heterocycles. The summed E-state index contributed by atoms with van der Waals surface area (Å²) in [5, 5.41) is 13.5. The van der Waals surface area contributed by atoms with E-state index in [1.165, 1.54) is 6.33 Å². The lowest BCUT2D eigenvalue weighted by atomic mass is 10.1. The zero-order valence-corrected chi connectivity index (χ0v) is 17.5. The van der Waals surface area contributed by atoms with Crippen molar-refractivity contribution in [1.29, 1.82) is 0 Å². The molecule has 1 aromatic heterocycles. The number of carbonyl (C=O) groups excluding carboxylic acids is 2. The largest absolute Gasteiger partial charge is 0.376 e. The van der Waals surface area contributed by atoms with Crippen LogP contribution in [0.25, 0.3) is 5.69 Å². The molecule has 0 atom stereocenters. The van der Waals surface area contributed by atoms with E-state index >= 15 is 0 Å². The predicted molar refractivity (Wildman–Crippen MR) is 118 cm³/mol. The molecule has 0 aliphatic carbocycles. The number of nitrogens with one attached hydrogen (secondary N) is 3. The number of hydrogen-bond donors (Lipinski definition) is 3. The molecule has 3 N–H and O–H groups in total. The fraction of sp³-hybridized carbons (Fsp3) is 0.238. The van der Waals surface area contributed by atoms with Crippen molar-refractivity contribution >= 4 is 40.5 Å². The second-order valence-electron chi connectivity index (χ2n) is 6.68. The lowest BCUT2D eigenvalue weighted by Gasteiger charge is -2.15. The van der Waals surface area contributed by atoms with Gasteiger partial charge < -0.3 is 16.0 Å². The van der Waals surface area contributed by atoms with E-state index in [1.807, 2.05) is 32.0 Å². The second-order valence-corrected chi connectivity index (χ2v) is 7.12. The van der Waals surface area contributed by atoms with E-state index in [0.717, 1.165) is 23.4 Å². The minimum atomic E-state index is -0.251. The number of carbonyl (C=O) groups is 2. The van der Waals surface area contributed by atoms with Gasteiger partial charge in [0.25, 0.3) is 0 Å². The van der Waals surface area contributed by atoms with Crippen molar-refractivity contribution in [3.05, 3.63) is 59.6 Å². The quantitative estimate of drug-likeness (QED) is 0.505. The van der Waals surface area contributed by atoms with Crippen LogP contribution in [0.15, 0.2) is 49.1 Å². The highest BCUT2D eigenvalue weighted by atomic mass is 35.5. The summed E-state index contributed by atoms with van der Waals surface area (Å²) in [4.78, 5) is 28.4. The zero-order valence-electron chi connectivity index (χ0n) is 16.8. The molecule has 2 amide bonds. The molecule has 30 heavy (non-hydrogen) atoms. The molecule has 156 valence electrons. The standard InChI is InChI=1S/C21H23ClN6O2/c1-3-5-20(29)26-17-7-4-6-16(14(17)2)24-11-21(30)27-18-10-15(22)8-9-19(18)28-13-23-12-25-28/h4,6-10,12-13,24H,3,5,11H2,1-2H3,(H,26,29)(H,27,30). The number of amides is 2. The first-order valence-corrected chi connectivity index (χ1v) is 9.93. The van der Waals surface area contributed by atoms with Crippen LogP contribution in [0, 0.1) is 6.92 Å². The Balaban J connectivity index is 1.67. The average Bonchev–Trinajstić information content (AvgIpc) is 3.23. The number of aromatic nitrogens is 3. The van der Waals surface area contributed by atoms with Gasteiger partial charge in [-0.3, -0.25) is 9.59 Å². The van der Waals surface area contributed by atoms with Gasteiger partial charge in [0.2, 0.25) is 11.8 Å². The number of halogens is 1. The summed E-state index contributed by atoms with van der Waals surface area (Å²) in [6, 6.07) is 10.7. The minimum absolute atomic E-state index is 0.0305. The summed E-state index contributed by atoms with van der Waals surface area (Å²) in [5.74, 6) is -0.282. The first-order valence-electron chi connectivity index (χ1n) is 9.55. The molecule has 8 nitrogen and oxygen atoms in total. The summed E-state index contributed by atoms with van der Waals surface area (Å²) in [6.45, 7) is 3.88. The SMILES string of the molecule is CCCC(=O)Nc1cccc(NCC(=O)Nc2cc(Cl)ccc2-n2cncn2)c1C. The van der Waals surface area contributed by atoms with Crippen LogP contribution in [0.4, 0.5) is 17.1 Å². The van der Waals surface area contributed by atoms with E-state index in [0.29, 0.717) is 22.8 Å². The molecule has 1 heterocycles. The Kier molecular flexibility index (Phi) is 7.03. The zero-order chi connectivity index (χ0) is 21.5. The Morgan fingerprint density at radius 1 is 1.07 bits per heavy atom. The molecule has 0 bridgehead atoms. The van der Waals surface area contributed by atoms with E-state index < -0.39 is 0 Å². The van der Waals surface area contributed by atoms with Crippen molar-refractivity contribution in [1.82, 2.24) is 14.8 Å². The average molecular weight is 427 g/mol. The van der Waals surface area contributed by atoms with Crippen molar-refractivity contribution in [2.24, 2.45) is 0 Å². The molecule has 2 aromatic carbocycles. The van der Waals surface area contributed by atoms with Gasteiger partial charge in [-0.1, -0.05) is 24.6 Å². The molecule has 3 aromatic rings. The molecule has 0 spiro atoms. The van der Waals surface area contributed by atoms with Gasteiger partial charge in [-0.25, -0.2) is 9.67 Å². The fourth-order valence-corrected chi connectivity index (χ4v) is 3.09. The number of benzene rings is 2. The van der Waals surface area contributed by atoms with Crippen molar-refractivity contribution in [2.45, 2.75) is 26.7 Å². The molecule has 9 heteroatoms. The molecule has 0 aliphatic rings. The maximum Gasteiger partial charge on any atom is 0.243 e. The highest BCUT2D eigenvalue weighted by Crippen LogP contribution is 2.25. The third-order valence-corrected chi connectivity index (χ3v) is 4.66. The van der Waals surface area contributed by atoms with Gasteiger partial charge in [-0.15, -0.1) is 0 Å². The van der Waals surface area contributed by atoms with Gasteiger partial charge in [-0.2, -0.15) is 5.10 Å². The van der Waals surface area contributed by atoms with Crippen LogP contribution in [-0.4, -0.2) is 33.1 Å². The van der Waals surface area contributed by atoms with Crippen LogP contribution in [0.2, 0.25) is 5.02 Å². The summed E-state index contributed by atoms with van der Waals surface area (Å²) in [5.41, 5.74) is 3.53. The van der Waals surface area contributed by atoms with Crippen LogP contribution >= 0.6 is 11.6 Å². The summed E-state index contributed by atoms with van der Waals surface area (Å²) >= 11 is 6.09. The summed E-state index contributed by atoms with van der Waals surface area (Å²) in [7, 11) is 0. The fourth-order valence-electron chi connectivity index (χ4n) is 2.91. The predicted octanol–water partition coefficient (Wildman–Crippen LogP) is 4.02. The third-order valence-electron chi connectivity index (χ3n) is 4.42. The van der Waals surface area contributed by atoms with Crippen LogP contribution in [0.5, 0.6) is 0 Å². The van der Waals surface area contributed by atoms with Crippen LogP contribution in [0.1, 0.15) is 25.3 Å². The van der Waals surface area contributed by atoms with E-state index in [2.05, 4.69) is 26.0 Å². The van der Waals surface area contributed by atoms with Gasteiger partial charge in [0.05, 0.1) is 17.9 Å². The number of anilines is 3. The van der Waals surface area contributed by atoms with Crippen LogP contribution in [0.3, 0.4) is 0 Å². The van der Waals surface area contributed by atoms with Gasteiger partial charge in [0, 0.05) is 22.8 Å². The highest BCUT2D eigenvalue weighted by Gasteiger charge is 2.12. The summed E-state index contributed by atoms with van der Waals surface area (Å²) < 4.78 is 1.55. The molecule has 0 radical (unpaired) electrons.